The molecule has 1 aromatic heterocycles. The van der Waals surface area contributed by atoms with Gasteiger partial charge in [0.1, 0.15) is 0 Å². The first-order valence-corrected chi connectivity index (χ1v) is 6.89. The van der Waals surface area contributed by atoms with Gasteiger partial charge in [0.15, 0.2) is 0 Å². The van der Waals surface area contributed by atoms with Crippen molar-refractivity contribution >= 4 is 27.3 Å². The summed E-state index contributed by atoms with van der Waals surface area (Å²) < 4.78 is 0.672. The monoisotopic (exact) mass is 335 g/mol. The van der Waals surface area contributed by atoms with Crippen LogP contribution in [-0.2, 0) is 0 Å². The Morgan fingerprint density at radius 1 is 1.45 bits per heavy atom. The third-order valence-electron chi connectivity index (χ3n) is 3.04. The van der Waals surface area contributed by atoms with Crippen LogP contribution in [0.4, 0.5) is 11.4 Å². The van der Waals surface area contributed by atoms with Crippen LogP contribution in [0.15, 0.2) is 41.1 Å². The number of rotatable bonds is 4. The normalized spacial score (nSPS) is 11.9. The number of pyridine rings is 1. The summed E-state index contributed by atoms with van der Waals surface area (Å²) >= 11 is 3.37. The van der Waals surface area contributed by atoms with Crippen LogP contribution in [-0.4, -0.2) is 9.91 Å². The number of aryl methyl sites for hydroxylation is 1. The molecular weight excluding hydrogens is 322 g/mol. The van der Waals surface area contributed by atoms with Crippen molar-refractivity contribution in [2.75, 3.05) is 5.32 Å². The Balaban J connectivity index is 2.26. The highest BCUT2D eigenvalue weighted by Crippen LogP contribution is 2.32. The zero-order chi connectivity index (χ0) is 14.7. The van der Waals surface area contributed by atoms with Gasteiger partial charge in [0.05, 0.1) is 11.0 Å². The van der Waals surface area contributed by atoms with Gasteiger partial charge in [0.2, 0.25) is 0 Å². The smallest absolute Gasteiger partial charge is 0.273 e. The first-order chi connectivity index (χ1) is 9.49. The maximum absolute atomic E-state index is 10.9. The number of anilines is 1. The van der Waals surface area contributed by atoms with Crippen molar-refractivity contribution in [3.8, 4) is 0 Å². The van der Waals surface area contributed by atoms with Gasteiger partial charge in [-0.1, -0.05) is 6.07 Å². The summed E-state index contributed by atoms with van der Waals surface area (Å²) in [7, 11) is 0. The predicted molar refractivity (Wildman–Crippen MR) is 81.8 cm³/mol. The minimum atomic E-state index is -0.381. The van der Waals surface area contributed by atoms with Crippen LogP contribution in [0.3, 0.4) is 0 Å². The first kappa shape index (κ1) is 14.5. The second-order valence-electron chi connectivity index (χ2n) is 4.53. The number of benzene rings is 1. The molecule has 5 nitrogen and oxygen atoms in total. The number of halogens is 1. The second kappa shape index (κ2) is 6.00. The lowest BCUT2D eigenvalue weighted by molar-refractivity contribution is -0.385. The first-order valence-electron chi connectivity index (χ1n) is 6.10. The lowest BCUT2D eigenvalue weighted by atomic mass is 10.1. The van der Waals surface area contributed by atoms with Gasteiger partial charge in [-0.15, -0.1) is 0 Å². The number of nitro benzene ring substituents is 1. The van der Waals surface area contributed by atoms with Crippen LogP contribution in [0, 0.1) is 17.0 Å². The highest BCUT2D eigenvalue weighted by molar-refractivity contribution is 9.10. The molecule has 0 saturated heterocycles. The Hall–Kier alpha value is -1.95. The average Bonchev–Trinajstić information content (AvgIpc) is 2.43. The zero-order valence-electron chi connectivity index (χ0n) is 11.1. The van der Waals surface area contributed by atoms with Gasteiger partial charge >= 0.3 is 0 Å². The van der Waals surface area contributed by atoms with E-state index in [0.717, 1.165) is 11.3 Å². The van der Waals surface area contributed by atoms with Crippen LogP contribution < -0.4 is 5.32 Å². The summed E-state index contributed by atoms with van der Waals surface area (Å²) in [4.78, 5) is 14.6. The number of hydrogen-bond donors (Lipinski definition) is 1. The molecule has 0 spiro atoms. The van der Waals surface area contributed by atoms with Crippen molar-refractivity contribution < 1.29 is 4.92 Å². The highest BCUT2D eigenvalue weighted by atomic mass is 79.9. The molecule has 1 unspecified atom stereocenters. The highest BCUT2D eigenvalue weighted by Gasteiger charge is 2.15. The molecule has 6 heteroatoms. The van der Waals surface area contributed by atoms with Gasteiger partial charge in [0.25, 0.3) is 5.69 Å². The van der Waals surface area contributed by atoms with E-state index in [4.69, 9.17) is 0 Å². The molecule has 0 amide bonds. The standard InChI is InChI=1S/C14H14BrN3O2/c1-9-6-13(12(15)7-14(9)18(19)20)17-10(2)11-4-3-5-16-8-11/h3-8,10,17H,1-2H3. The topological polar surface area (TPSA) is 68.1 Å². The van der Waals surface area contributed by atoms with Crippen molar-refractivity contribution in [2.45, 2.75) is 19.9 Å². The molecule has 0 aliphatic carbocycles. The van der Waals surface area contributed by atoms with Crippen LogP contribution in [0.5, 0.6) is 0 Å². The van der Waals surface area contributed by atoms with Gasteiger partial charge in [-0.25, -0.2) is 0 Å². The predicted octanol–water partition coefficient (Wildman–Crippen LogP) is 4.23. The van der Waals surface area contributed by atoms with Gasteiger partial charge in [-0.3, -0.25) is 15.1 Å². The van der Waals surface area contributed by atoms with Crippen LogP contribution in [0.25, 0.3) is 0 Å². The molecule has 2 aromatic rings. The van der Waals surface area contributed by atoms with Crippen LogP contribution in [0.2, 0.25) is 0 Å². The number of aromatic nitrogens is 1. The molecule has 1 aromatic carbocycles. The molecule has 0 bridgehead atoms. The Morgan fingerprint density at radius 2 is 2.20 bits per heavy atom. The van der Waals surface area contributed by atoms with Crippen molar-refractivity contribution in [3.63, 3.8) is 0 Å². The fourth-order valence-electron chi connectivity index (χ4n) is 1.93. The molecule has 1 atom stereocenters. The SMILES string of the molecule is Cc1cc(NC(C)c2cccnc2)c(Br)cc1[N+](=O)[O-]. The summed E-state index contributed by atoms with van der Waals surface area (Å²) in [5, 5.41) is 14.2. The third-order valence-corrected chi connectivity index (χ3v) is 3.69. The zero-order valence-corrected chi connectivity index (χ0v) is 12.7. The molecule has 0 fully saturated rings. The molecule has 1 heterocycles. The summed E-state index contributed by atoms with van der Waals surface area (Å²) in [5.74, 6) is 0. The number of hydrogen-bond acceptors (Lipinski definition) is 4. The molecule has 0 saturated carbocycles. The lowest BCUT2D eigenvalue weighted by Crippen LogP contribution is -2.08. The molecule has 0 aliphatic rings. The summed E-state index contributed by atoms with van der Waals surface area (Å²) in [6, 6.07) is 7.21. The fourth-order valence-corrected chi connectivity index (χ4v) is 2.37. The van der Waals surface area contributed by atoms with Crippen molar-refractivity contribution in [1.82, 2.24) is 4.98 Å². The van der Waals surface area contributed by atoms with E-state index in [1.54, 1.807) is 25.4 Å². The van der Waals surface area contributed by atoms with E-state index < -0.39 is 0 Å². The van der Waals surface area contributed by atoms with Gasteiger partial charge in [-0.05, 0) is 47.5 Å². The number of nitrogens with one attached hydrogen (secondary N) is 1. The lowest BCUT2D eigenvalue weighted by Gasteiger charge is -2.17. The summed E-state index contributed by atoms with van der Waals surface area (Å²) in [6.07, 6.45) is 3.52. The molecule has 20 heavy (non-hydrogen) atoms. The maximum atomic E-state index is 10.9. The summed E-state index contributed by atoms with van der Waals surface area (Å²) in [5.41, 5.74) is 2.61. The summed E-state index contributed by atoms with van der Waals surface area (Å²) in [6.45, 7) is 3.74. The maximum Gasteiger partial charge on any atom is 0.273 e. The van der Waals surface area contributed by atoms with E-state index in [1.165, 1.54) is 6.07 Å². The average molecular weight is 336 g/mol. The minimum Gasteiger partial charge on any atom is -0.378 e. The molecular formula is C14H14BrN3O2. The van der Waals surface area contributed by atoms with Crippen LogP contribution >= 0.6 is 15.9 Å². The molecule has 1 N–H and O–H groups in total. The van der Waals surface area contributed by atoms with Gasteiger partial charge in [-0.2, -0.15) is 0 Å². The van der Waals surface area contributed by atoms with Gasteiger partial charge in [0, 0.05) is 34.2 Å². The molecule has 0 radical (unpaired) electrons. The minimum absolute atomic E-state index is 0.0563. The Bertz CT molecular complexity index is 632. The van der Waals surface area contributed by atoms with E-state index in [2.05, 4.69) is 26.2 Å². The van der Waals surface area contributed by atoms with Crippen molar-refractivity contribution in [1.29, 1.82) is 0 Å². The molecule has 0 aliphatic heterocycles. The Labute approximate surface area is 125 Å². The van der Waals surface area contributed by atoms with E-state index in [1.807, 2.05) is 19.1 Å². The molecule has 104 valence electrons. The van der Waals surface area contributed by atoms with E-state index >= 15 is 0 Å². The quantitative estimate of drug-likeness (QED) is 0.670. The van der Waals surface area contributed by atoms with Gasteiger partial charge < -0.3 is 5.32 Å². The molecule has 2 rings (SSSR count). The van der Waals surface area contributed by atoms with Crippen molar-refractivity contribution in [3.05, 3.63) is 62.4 Å². The van der Waals surface area contributed by atoms with E-state index in [0.29, 0.717) is 10.0 Å². The fraction of sp³-hybridized carbons (Fsp3) is 0.214. The number of nitro groups is 1. The third kappa shape index (κ3) is 3.14. The Morgan fingerprint density at radius 3 is 2.80 bits per heavy atom. The van der Waals surface area contributed by atoms with E-state index in [-0.39, 0.29) is 16.7 Å². The second-order valence-corrected chi connectivity index (χ2v) is 5.38. The Kier molecular flexibility index (Phi) is 4.34. The largest absolute Gasteiger partial charge is 0.378 e. The van der Waals surface area contributed by atoms with E-state index in [9.17, 15) is 10.1 Å². The van der Waals surface area contributed by atoms with Crippen LogP contribution in [0.1, 0.15) is 24.1 Å². The number of nitrogens with zero attached hydrogens (tertiary/aromatic N) is 2. The van der Waals surface area contributed by atoms with Crippen molar-refractivity contribution in [2.24, 2.45) is 0 Å².